The molecule has 0 radical (unpaired) electrons. The van der Waals surface area contributed by atoms with Crippen LogP contribution in [0.3, 0.4) is 0 Å². The molecule has 0 aliphatic heterocycles. The molecule has 4 aromatic rings. The van der Waals surface area contributed by atoms with Gasteiger partial charge in [-0.1, -0.05) is 60.7 Å². The molecule has 0 aliphatic carbocycles. The maximum absolute atomic E-state index is 11.7. The fourth-order valence-electron chi connectivity index (χ4n) is 3.62. The minimum absolute atomic E-state index is 0.000388. The van der Waals surface area contributed by atoms with Gasteiger partial charge in [-0.3, -0.25) is 14.9 Å². The third-order valence-corrected chi connectivity index (χ3v) is 5.10. The molecule has 0 atom stereocenters. The van der Waals surface area contributed by atoms with Crippen LogP contribution in [0.2, 0.25) is 0 Å². The summed E-state index contributed by atoms with van der Waals surface area (Å²) < 4.78 is 2.01. The molecule has 3 aromatic carbocycles. The van der Waals surface area contributed by atoms with E-state index in [1.807, 2.05) is 71.3 Å². The maximum Gasteiger partial charge on any atom is 0.269 e. The van der Waals surface area contributed by atoms with Crippen molar-refractivity contribution in [2.24, 2.45) is 5.10 Å². The van der Waals surface area contributed by atoms with Gasteiger partial charge in [-0.25, -0.2) is 5.43 Å². The Bertz CT molecular complexity index is 1390. The third kappa shape index (κ3) is 4.74. The van der Waals surface area contributed by atoms with Crippen LogP contribution < -0.4 is 5.43 Å². The molecule has 0 aliphatic rings. The minimum Gasteiger partial charge on any atom is -0.309 e. The van der Waals surface area contributed by atoms with Crippen molar-refractivity contribution < 1.29 is 9.72 Å². The number of carbonyl (C=O) groups is 1. The number of rotatable bonds is 7. The highest BCUT2D eigenvalue weighted by atomic mass is 16.6. The molecule has 0 unspecified atom stereocenters. The molecule has 4 rings (SSSR count). The molecule has 0 spiro atoms. The number of hydrogen-bond acceptors (Lipinski definition) is 5. The smallest absolute Gasteiger partial charge is 0.269 e. The number of nitro groups is 1. The van der Waals surface area contributed by atoms with Gasteiger partial charge in [-0.15, -0.1) is 0 Å². The fourth-order valence-corrected chi connectivity index (χ4v) is 3.62. The van der Waals surface area contributed by atoms with Crippen LogP contribution in [-0.4, -0.2) is 21.6 Å². The lowest BCUT2D eigenvalue weighted by molar-refractivity contribution is -0.384. The fraction of sp³-hybridized carbons (Fsp3) is 0.0385. The number of nitrogens with one attached hydrogen (secondary N) is 1. The highest BCUT2D eigenvalue weighted by Crippen LogP contribution is 2.35. The van der Waals surface area contributed by atoms with E-state index in [4.69, 9.17) is 5.26 Å². The SMILES string of the molecule is N#CCC(=O)N/N=C\c1cc(-c2ccccc2)n(-c2ccc([N+](=O)[O-])cc2)c1-c1ccccc1. The number of hydrazone groups is 1. The molecule has 1 heterocycles. The van der Waals surface area contributed by atoms with E-state index < -0.39 is 10.8 Å². The van der Waals surface area contributed by atoms with Gasteiger partial charge in [0, 0.05) is 23.4 Å². The number of benzene rings is 3. The van der Waals surface area contributed by atoms with E-state index >= 15 is 0 Å². The second kappa shape index (κ2) is 10.1. The lowest BCUT2D eigenvalue weighted by Crippen LogP contribution is -2.16. The van der Waals surface area contributed by atoms with E-state index in [1.165, 1.54) is 18.3 Å². The van der Waals surface area contributed by atoms with Crippen molar-refractivity contribution in [2.75, 3.05) is 0 Å². The van der Waals surface area contributed by atoms with Crippen LogP contribution in [0.25, 0.3) is 28.2 Å². The van der Waals surface area contributed by atoms with Gasteiger partial charge in [0.1, 0.15) is 6.42 Å². The van der Waals surface area contributed by atoms with Crippen LogP contribution in [0.5, 0.6) is 0 Å². The number of nitro benzene ring substituents is 1. The topological polar surface area (TPSA) is 113 Å². The summed E-state index contributed by atoms with van der Waals surface area (Å²) in [6, 6.07) is 29.5. The molecular weight excluding hydrogens is 430 g/mol. The summed E-state index contributed by atoms with van der Waals surface area (Å²) in [5.74, 6) is -0.502. The lowest BCUT2D eigenvalue weighted by atomic mass is 10.1. The normalized spacial score (nSPS) is 10.7. The molecule has 1 amide bonds. The Balaban J connectivity index is 1.93. The molecule has 0 saturated carbocycles. The van der Waals surface area contributed by atoms with Crippen LogP contribution in [0.4, 0.5) is 5.69 Å². The van der Waals surface area contributed by atoms with E-state index in [-0.39, 0.29) is 12.1 Å². The number of nitrogens with zero attached hydrogens (tertiary/aromatic N) is 4. The quantitative estimate of drug-likeness (QED) is 0.241. The van der Waals surface area contributed by atoms with Gasteiger partial charge in [0.15, 0.2) is 0 Å². The van der Waals surface area contributed by atoms with Gasteiger partial charge < -0.3 is 4.57 Å². The summed E-state index contributed by atoms with van der Waals surface area (Å²) in [5.41, 5.74) is 7.29. The van der Waals surface area contributed by atoms with Gasteiger partial charge in [0.25, 0.3) is 11.6 Å². The average molecular weight is 449 g/mol. The second-order valence-corrected chi connectivity index (χ2v) is 7.30. The summed E-state index contributed by atoms with van der Waals surface area (Å²) in [4.78, 5) is 22.4. The number of non-ortho nitro benzene ring substituents is 1. The highest BCUT2D eigenvalue weighted by Gasteiger charge is 2.19. The Morgan fingerprint density at radius 1 is 1.00 bits per heavy atom. The van der Waals surface area contributed by atoms with E-state index in [0.717, 1.165) is 33.8 Å². The van der Waals surface area contributed by atoms with Crippen LogP contribution in [0.15, 0.2) is 96.1 Å². The van der Waals surface area contributed by atoms with Crippen LogP contribution in [0.1, 0.15) is 12.0 Å². The zero-order valence-electron chi connectivity index (χ0n) is 18.0. The van der Waals surface area contributed by atoms with Crippen LogP contribution >= 0.6 is 0 Å². The first-order chi connectivity index (χ1) is 16.6. The molecule has 34 heavy (non-hydrogen) atoms. The zero-order valence-corrected chi connectivity index (χ0v) is 18.0. The Kier molecular flexibility index (Phi) is 6.56. The van der Waals surface area contributed by atoms with Gasteiger partial charge in [-0.05, 0) is 29.3 Å². The molecule has 1 aromatic heterocycles. The number of carbonyl (C=O) groups excluding carboxylic acids is 1. The van der Waals surface area contributed by atoms with Gasteiger partial charge >= 0.3 is 0 Å². The first-order valence-corrected chi connectivity index (χ1v) is 10.4. The Morgan fingerprint density at radius 3 is 2.21 bits per heavy atom. The van der Waals surface area contributed by atoms with Crippen molar-refractivity contribution in [3.63, 3.8) is 0 Å². The van der Waals surface area contributed by atoms with Crippen LogP contribution in [0, 0.1) is 21.4 Å². The van der Waals surface area contributed by atoms with Crippen molar-refractivity contribution in [1.29, 1.82) is 5.26 Å². The lowest BCUT2D eigenvalue weighted by Gasteiger charge is -2.15. The molecule has 0 fully saturated rings. The number of aromatic nitrogens is 1. The van der Waals surface area contributed by atoms with Crippen molar-refractivity contribution in [2.45, 2.75) is 6.42 Å². The van der Waals surface area contributed by atoms with E-state index in [1.54, 1.807) is 18.2 Å². The van der Waals surface area contributed by atoms with E-state index in [2.05, 4.69) is 10.5 Å². The summed E-state index contributed by atoms with van der Waals surface area (Å²) in [5, 5.41) is 23.9. The third-order valence-electron chi connectivity index (χ3n) is 5.10. The van der Waals surface area contributed by atoms with E-state index in [0.29, 0.717) is 0 Å². The molecule has 0 bridgehead atoms. The molecular formula is C26H19N5O3. The van der Waals surface area contributed by atoms with Crippen molar-refractivity contribution in [3.8, 4) is 34.3 Å². The number of hydrogen-bond donors (Lipinski definition) is 1. The summed E-state index contributed by atoms with van der Waals surface area (Å²) >= 11 is 0. The van der Waals surface area contributed by atoms with E-state index in [9.17, 15) is 14.9 Å². The Morgan fingerprint density at radius 2 is 1.62 bits per heavy atom. The molecule has 8 heteroatoms. The Hall–Kier alpha value is -5.03. The zero-order chi connectivity index (χ0) is 23.9. The van der Waals surface area contributed by atoms with Crippen LogP contribution in [-0.2, 0) is 4.79 Å². The summed E-state index contributed by atoms with van der Waals surface area (Å²) in [6.45, 7) is 0. The largest absolute Gasteiger partial charge is 0.309 e. The number of nitriles is 1. The minimum atomic E-state index is -0.502. The predicted molar refractivity (Wildman–Crippen MR) is 129 cm³/mol. The summed E-state index contributed by atoms with van der Waals surface area (Å²) in [6.07, 6.45) is 1.24. The standard InChI is InChI=1S/C26H19N5O3/c27-16-15-25(32)29-28-18-21-17-24(19-7-3-1-4-8-19)30(26(21)20-9-5-2-6-10-20)22-11-13-23(14-12-22)31(33)34/h1-14,17-18H,15H2,(H,29,32)/b28-18-. The van der Waals surface area contributed by atoms with Crippen molar-refractivity contribution in [3.05, 3.63) is 107 Å². The maximum atomic E-state index is 11.7. The van der Waals surface area contributed by atoms with Crippen molar-refractivity contribution >= 4 is 17.8 Å². The first-order valence-electron chi connectivity index (χ1n) is 10.4. The first kappa shape index (κ1) is 22.2. The second-order valence-electron chi connectivity index (χ2n) is 7.30. The monoisotopic (exact) mass is 449 g/mol. The molecule has 0 saturated heterocycles. The van der Waals surface area contributed by atoms with Gasteiger partial charge in [-0.2, -0.15) is 10.4 Å². The molecule has 8 nitrogen and oxygen atoms in total. The van der Waals surface area contributed by atoms with Gasteiger partial charge in [0.05, 0.1) is 28.6 Å². The molecule has 1 N–H and O–H groups in total. The number of amides is 1. The predicted octanol–water partition coefficient (Wildman–Crippen LogP) is 5.08. The summed E-state index contributed by atoms with van der Waals surface area (Å²) in [7, 11) is 0. The Labute approximate surface area is 195 Å². The highest BCUT2D eigenvalue weighted by molar-refractivity contribution is 5.94. The van der Waals surface area contributed by atoms with Gasteiger partial charge in [0.2, 0.25) is 0 Å². The average Bonchev–Trinajstić information content (AvgIpc) is 3.25. The molecule has 166 valence electrons. The van der Waals surface area contributed by atoms with Crippen molar-refractivity contribution in [1.82, 2.24) is 9.99 Å².